The molecule has 0 aliphatic rings. The van der Waals surface area contributed by atoms with Gasteiger partial charge in [-0.25, -0.2) is 0 Å². The van der Waals surface area contributed by atoms with E-state index in [-0.39, 0.29) is 11.6 Å². The third-order valence-corrected chi connectivity index (χ3v) is 3.16. The Labute approximate surface area is 96.5 Å². The van der Waals surface area contributed by atoms with E-state index in [2.05, 4.69) is 15.9 Å². The van der Waals surface area contributed by atoms with Crippen molar-refractivity contribution < 1.29 is 9.66 Å². The highest BCUT2D eigenvalue weighted by molar-refractivity contribution is 9.09. The van der Waals surface area contributed by atoms with Crippen molar-refractivity contribution in [1.29, 1.82) is 0 Å². The standard InChI is InChI=1S/C10H12BrNO3/c1-7(6-11)9-4-3-8(12(13)14)5-10(9)15-2/h3-5,7H,6H2,1-2H3. The number of nitro groups is 1. The van der Waals surface area contributed by atoms with Gasteiger partial charge < -0.3 is 4.74 Å². The van der Waals surface area contributed by atoms with E-state index < -0.39 is 4.92 Å². The van der Waals surface area contributed by atoms with Crippen LogP contribution in [-0.2, 0) is 0 Å². The van der Waals surface area contributed by atoms with Crippen LogP contribution in [0.1, 0.15) is 18.4 Å². The molecule has 0 spiro atoms. The lowest BCUT2D eigenvalue weighted by molar-refractivity contribution is -0.384. The van der Waals surface area contributed by atoms with Gasteiger partial charge in [0.25, 0.3) is 5.69 Å². The zero-order valence-electron chi connectivity index (χ0n) is 8.57. The van der Waals surface area contributed by atoms with Crippen molar-refractivity contribution in [2.75, 3.05) is 12.4 Å². The lowest BCUT2D eigenvalue weighted by Crippen LogP contribution is -1.99. The van der Waals surface area contributed by atoms with Crippen LogP contribution in [0.2, 0.25) is 0 Å². The minimum atomic E-state index is -0.425. The number of alkyl halides is 1. The number of non-ortho nitro benzene ring substituents is 1. The number of hydrogen-bond donors (Lipinski definition) is 0. The SMILES string of the molecule is COc1cc([N+](=O)[O-])ccc1C(C)CBr. The van der Waals surface area contributed by atoms with Gasteiger partial charge in [-0.3, -0.25) is 10.1 Å². The Morgan fingerprint density at radius 1 is 1.60 bits per heavy atom. The minimum absolute atomic E-state index is 0.0531. The number of nitrogens with zero attached hydrogens (tertiary/aromatic N) is 1. The number of hydrogen-bond acceptors (Lipinski definition) is 3. The normalized spacial score (nSPS) is 12.2. The molecule has 0 N–H and O–H groups in total. The molecule has 0 aliphatic carbocycles. The van der Waals surface area contributed by atoms with E-state index in [1.807, 2.05) is 6.92 Å². The summed E-state index contributed by atoms with van der Waals surface area (Å²) >= 11 is 3.37. The van der Waals surface area contributed by atoms with Crippen molar-refractivity contribution in [3.05, 3.63) is 33.9 Å². The summed E-state index contributed by atoms with van der Waals surface area (Å²) in [6.07, 6.45) is 0. The molecule has 0 bridgehead atoms. The van der Waals surface area contributed by atoms with Crippen LogP contribution in [0, 0.1) is 10.1 Å². The Hall–Kier alpha value is -1.10. The molecule has 1 unspecified atom stereocenters. The van der Waals surface area contributed by atoms with Gasteiger partial charge in [-0.15, -0.1) is 0 Å². The Bertz CT molecular complexity index is 368. The number of methoxy groups -OCH3 is 1. The first-order chi connectivity index (χ1) is 7.10. The van der Waals surface area contributed by atoms with E-state index in [1.54, 1.807) is 6.07 Å². The number of ether oxygens (including phenoxy) is 1. The number of rotatable bonds is 4. The number of benzene rings is 1. The summed E-state index contributed by atoms with van der Waals surface area (Å²) in [5.41, 5.74) is 1.03. The first-order valence-electron chi connectivity index (χ1n) is 4.48. The van der Waals surface area contributed by atoms with E-state index in [9.17, 15) is 10.1 Å². The maximum Gasteiger partial charge on any atom is 0.273 e. The molecule has 1 aromatic carbocycles. The second-order valence-corrected chi connectivity index (χ2v) is 3.89. The summed E-state index contributed by atoms with van der Waals surface area (Å²) in [4.78, 5) is 10.1. The fourth-order valence-corrected chi connectivity index (χ4v) is 1.65. The van der Waals surface area contributed by atoms with Crippen LogP contribution in [0.4, 0.5) is 5.69 Å². The second-order valence-electron chi connectivity index (χ2n) is 3.24. The summed E-state index contributed by atoms with van der Waals surface area (Å²) in [6.45, 7) is 2.03. The smallest absolute Gasteiger partial charge is 0.273 e. The fraction of sp³-hybridized carbons (Fsp3) is 0.400. The zero-order valence-corrected chi connectivity index (χ0v) is 10.2. The molecule has 0 fully saturated rings. The molecule has 0 aliphatic heterocycles. The maximum atomic E-state index is 10.6. The van der Waals surface area contributed by atoms with Gasteiger partial charge in [0.1, 0.15) is 5.75 Å². The molecule has 0 aromatic heterocycles. The van der Waals surface area contributed by atoms with Gasteiger partial charge in [0.05, 0.1) is 18.1 Å². The van der Waals surface area contributed by atoms with Crippen LogP contribution in [0.5, 0.6) is 5.75 Å². The highest BCUT2D eigenvalue weighted by Crippen LogP contribution is 2.31. The van der Waals surface area contributed by atoms with Gasteiger partial charge in [0, 0.05) is 11.4 Å². The highest BCUT2D eigenvalue weighted by Gasteiger charge is 2.14. The molecule has 5 heteroatoms. The van der Waals surface area contributed by atoms with Crippen molar-refractivity contribution in [3.8, 4) is 5.75 Å². The molecule has 82 valence electrons. The highest BCUT2D eigenvalue weighted by atomic mass is 79.9. The molecular weight excluding hydrogens is 262 g/mol. The van der Waals surface area contributed by atoms with Gasteiger partial charge >= 0.3 is 0 Å². The van der Waals surface area contributed by atoms with Crippen LogP contribution in [0.25, 0.3) is 0 Å². The summed E-state index contributed by atoms with van der Waals surface area (Å²) in [7, 11) is 1.52. The third-order valence-electron chi connectivity index (χ3n) is 2.19. The summed E-state index contributed by atoms with van der Waals surface area (Å²) in [6, 6.07) is 4.69. The van der Waals surface area contributed by atoms with E-state index in [0.29, 0.717) is 5.75 Å². The van der Waals surface area contributed by atoms with E-state index in [0.717, 1.165) is 10.9 Å². The quantitative estimate of drug-likeness (QED) is 0.481. The molecule has 0 amide bonds. The van der Waals surface area contributed by atoms with E-state index in [1.165, 1.54) is 19.2 Å². The molecule has 0 radical (unpaired) electrons. The third kappa shape index (κ3) is 2.68. The molecule has 0 saturated carbocycles. The van der Waals surface area contributed by atoms with Crippen LogP contribution in [0.3, 0.4) is 0 Å². The largest absolute Gasteiger partial charge is 0.496 e. The summed E-state index contributed by atoms with van der Waals surface area (Å²) in [5, 5.41) is 11.4. The molecule has 1 aromatic rings. The number of halogens is 1. The van der Waals surface area contributed by atoms with Crippen LogP contribution in [-0.4, -0.2) is 17.4 Å². The Balaban J connectivity index is 3.14. The van der Waals surface area contributed by atoms with Crippen LogP contribution in [0.15, 0.2) is 18.2 Å². The topological polar surface area (TPSA) is 52.4 Å². The molecular formula is C10H12BrNO3. The predicted octanol–water partition coefficient (Wildman–Crippen LogP) is 3.10. The van der Waals surface area contributed by atoms with Crippen molar-refractivity contribution in [2.24, 2.45) is 0 Å². The van der Waals surface area contributed by atoms with E-state index in [4.69, 9.17) is 4.74 Å². The lowest BCUT2D eigenvalue weighted by atomic mass is 10.0. The Morgan fingerprint density at radius 2 is 2.27 bits per heavy atom. The van der Waals surface area contributed by atoms with Crippen molar-refractivity contribution in [1.82, 2.24) is 0 Å². The van der Waals surface area contributed by atoms with E-state index >= 15 is 0 Å². The van der Waals surface area contributed by atoms with Crippen LogP contribution >= 0.6 is 15.9 Å². The van der Waals surface area contributed by atoms with Crippen molar-refractivity contribution in [2.45, 2.75) is 12.8 Å². The lowest BCUT2D eigenvalue weighted by Gasteiger charge is -2.12. The Morgan fingerprint density at radius 3 is 2.73 bits per heavy atom. The van der Waals surface area contributed by atoms with Gasteiger partial charge in [-0.1, -0.05) is 22.9 Å². The number of nitro benzene ring substituents is 1. The zero-order chi connectivity index (χ0) is 11.4. The van der Waals surface area contributed by atoms with Gasteiger partial charge in [0.2, 0.25) is 0 Å². The fourth-order valence-electron chi connectivity index (χ4n) is 1.30. The minimum Gasteiger partial charge on any atom is -0.496 e. The van der Waals surface area contributed by atoms with Crippen LogP contribution < -0.4 is 4.74 Å². The van der Waals surface area contributed by atoms with Crippen molar-refractivity contribution >= 4 is 21.6 Å². The van der Waals surface area contributed by atoms with Gasteiger partial charge in [-0.2, -0.15) is 0 Å². The second kappa shape index (κ2) is 5.11. The monoisotopic (exact) mass is 273 g/mol. The average molecular weight is 274 g/mol. The molecule has 0 heterocycles. The summed E-state index contributed by atoms with van der Waals surface area (Å²) < 4.78 is 5.13. The predicted molar refractivity (Wildman–Crippen MR) is 61.9 cm³/mol. The summed E-state index contributed by atoms with van der Waals surface area (Å²) in [5.74, 6) is 0.830. The van der Waals surface area contributed by atoms with Crippen molar-refractivity contribution in [3.63, 3.8) is 0 Å². The van der Waals surface area contributed by atoms with Gasteiger partial charge in [-0.05, 0) is 17.5 Å². The molecule has 1 rings (SSSR count). The molecule has 0 saturated heterocycles. The first-order valence-corrected chi connectivity index (χ1v) is 5.60. The average Bonchev–Trinajstić information content (AvgIpc) is 2.27. The molecule has 15 heavy (non-hydrogen) atoms. The van der Waals surface area contributed by atoms with Gasteiger partial charge in [0.15, 0.2) is 0 Å². The Kier molecular flexibility index (Phi) is 4.08. The molecule has 4 nitrogen and oxygen atoms in total. The molecule has 1 atom stereocenters. The maximum absolute atomic E-state index is 10.6. The first kappa shape index (κ1) is 12.0.